The summed E-state index contributed by atoms with van der Waals surface area (Å²) in [5.74, 6) is -1.34. The van der Waals surface area contributed by atoms with Crippen LogP contribution in [-0.4, -0.2) is 40.5 Å². The van der Waals surface area contributed by atoms with Crippen molar-refractivity contribution >= 4 is 37.8 Å². The molecule has 0 unspecified atom stereocenters. The second-order valence-corrected chi connectivity index (χ2v) is 8.26. The molecule has 10 heteroatoms. The summed E-state index contributed by atoms with van der Waals surface area (Å²) in [6.07, 6.45) is 1.12. The van der Waals surface area contributed by atoms with Crippen LogP contribution in [0.5, 0.6) is 0 Å². The number of fused-ring (bicyclic) bond motifs is 2. The molecule has 2 heterocycles. The topological polar surface area (TPSA) is 142 Å². The lowest BCUT2D eigenvalue weighted by molar-refractivity contribution is -0.138. The van der Waals surface area contributed by atoms with E-state index in [0.717, 1.165) is 0 Å². The number of carbonyl (C=O) groups is 1. The Labute approximate surface area is 170 Å². The van der Waals surface area contributed by atoms with Crippen LogP contribution in [0, 0.1) is 0 Å². The van der Waals surface area contributed by atoms with Crippen molar-refractivity contribution < 1.29 is 18.3 Å². The lowest BCUT2D eigenvalue weighted by Gasteiger charge is -2.15. The molecule has 2 aromatic carbocycles. The Morgan fingerprint density at radius 2 is 1.87 bits per heavy atom. The molecule has 0 bridgehead atoms. The van der Waals surface area contributed by atoms with Crippen molar-refractivity contribution in [3.8, 4) is 0 Å². The Morgan fingerprint density at radius 3 is 2.67 bits per heavy atom. The average Bonchev–Trinajstić information content (AvgIpc) is 2.72. The number of hydrogen-bond donors (Lipinski definition) is 3. The zero-order valence-electron chi connectivity index (χ0n) is 15.4. The first kappa shape index (κ1) is 19.7. The number of benzene rings is 2. The number of aromatic nitrogens is 3. The Kier molecular flexibility index (Phi) is 5.02. The van der Waals surface area contributed by atoms with E-state index in [2.05, 4.69) is 19.7 Å². The smallest absolute Gasteiger partial charge is 0.322 e. The number of pyridine rings is 1. The second-order valence-electron chi connectivity index (χ2n) is 6.58. The maximum Gasteiger partial charge on any atom is 0.322 e. The number of aromatic amines is 1. The van der Waals surface area contributed by atoms with Gasteiger partial charge in [0.2, 0.25) is 10.0 Å². The molecule has 0 radical (unpaired) electrons. The number of sulfonamides is 1. The largest absolute Gasteiger partial charge is 0.480 e. The molecular weight excluding hydrogens is 408 g/mol. The highest BCUT2D eigenvalue weighted by molar-refractivity contribution is 7.89. The molecule has 0 spiro atoms. The molecule has 3 N–H and O–H groups in total. The summed E-state index contributed by atoms with van der Waals surface area (Å²) in [4.78, 5) is 34.7. The molecular formula is C20H16N4O5S. The highest BCUT2D eigenvalue weighted by Gasteiger charge is 2.28. The quantitative estimate of drug-likeness (QED) is 0.425. The van der Waals surface area contributed by atoms with E-state index in [9.17, 15) is 23.1 Å². The first-order chi connectivity index (χ1) is 14.3. The van der Waals surface area contributed by atoms with Crippen molar-refractivity contribution in [2.24, 2.45) is 0 Å². The predicted octanol–water partition coefficient (Wildman–Crippen LogP) is 1.45. The van der Waals surface area contributed by atoms with Crippen LogP contribution in [-0.2, 0) is 21.2 Å². The van der Waals surface area contributed by atoms with Crippen LogP contribution >= 0.6 is 0 Å². The van der Waals surface area contributed by atoms with Gasteiger partial charge in [0.05, 0.1) is 16.4 Å². The molecule has 0 aliphatic rings. The number of para-hydroxylation sites is 2. The first-order valence-corrected chi connectivity index (χ1v) is 10.4. The molecule has 30 heavy (non-hydrogen) atoms. The lowest BCUT2D eigenvalue weighted by atomic mass is 10.2. The number of hydrogen-bond acceptors (Lipinski definition) is 6. The molecule has 0 fully saturated rings. The van der Waals surface area contributed by atoms with Crippen molar-refractivity contribution in [1.29, 1.82) is 0 Å². The minimum atomic E-state index is -4.22. The monoisotopic (exact) mass is 424 g/mol. The van der Waals surface area contributed by atoms with E-state index >= 15 is 0 Å². The minimum Gasteiger partial charge on any atom is -0.480 e. The van der Waals surface area contributed by atoms with Crippen LogP contribution in [0.1, 0.15) is 5.82 Å². The maximum absolute atomic E-state index is 12.9. The zero-order chi connectivity index (χ0) is 21.3. The van der Waals surface area contributed by atoms with Gasteiger partial charge in [0.1, 0.15) is 16.8 Å². The third-order valence-electron chi connectivity index (χ3n) is 4.54. The number of H-pyrrole nitrogens is 1. The van der Waals surface area contributed by atoms with E-state index in [1.54, 1.807) is 48.5 Å². The van der Waals surface area contributed by atoms with E-state index in [-0.39, 0.29) is 22.7 Å². The molecule has 4 aromatic rings. The number of aliphatic carboxylic acids is 1. The fraction of sp³-hybridized carbons (Fsp3) is 0.100. The molecule has 0 saturated heterocycles. The molecule has 9 nitrogen and oxygen atoms in total. The van der Waals surface area contributed by atoms with E-state index in [0.29, 0.717) is 16.3 Å². The van der Waals surface area contributed by atoms with Gasteiger partial charge in [0.15, 0.2) is 0 Å². The van der Waals surface area contributed by atoms with E-state index in [4.69, 9.17) is 0 Å². The standard InChI is InChI=1S/C20H16N4O5S/c25-19-13-7-1-2-8-14(13)22-17(23-19)11-15(20(26)27)24-30(28,29)16-9-3-5-12-6-4-10-21-18(12)16/h1-10,15,24H,11H2,(H,26,27)(H,22,23,25)/t15-/m0/s1. The van der Waals surface area contributed by atoms with Crippen molar-refractivity contribution in [3.05, 3.63) is 77.0 Å². The van der Waals surface area contributed by atoms with Crippen LogP contribution in [0.3, 0.4) is 0 Å². The molecule has 2 aromatic heterocycles. The predicted molar refractivity (Wildman–Crippen MR) is 110 cm³/mol. The van der Waals surface area contributed by atoms with Crippen LogP contribution in [0.2, 0.25) is 0 Å². The molecule has 0 aliphatic heterocycles. The Balaban J connectivity index is 1.69. The Morgan fingerprint density at radius 1 is 1.10 bits per heavy atom. The highest BCUT2D eigenvalue weighted by atomic mass is 32.2. The summed E-state index contributed by atoms with van der Waals surface area (Å²) in [7, 11) is -4.22. The van der Waals surface area contributed by atoms with E-state index in [1.807, 2.05) is 0 Å². The molecule has 0 amide bonds. The summed E-state index contributed by atoms with van der Waals surface area (Å²) in [5, 5.41) is 10.5. The number of carboxylic acid groups (broad SMARTS) is 1. The molecule has 0 saturated carbocycles. The van der Waals surface area contributed by atoms with Crippen molar-refractivity contribution in [3.63, 3.8) is 0 Å². The van der Waals surface area contributed by atoms with Gasteiger partial charge >= 0.3 is 5.97 Å². The van der Waals surface area contributed by atoms with Crippen molar-refractivity contribution in [2.45, 2.75) is 17.4 Å². The number of rotatable bonds is 6. The van der Waals surface area contributed by atoms with E-state index in [1.165, 1.54) is 12.3 Å². The Hall–Kier alpha value is -3.63. The van der Waals surface area contributed by atoms with Gasteiger partial charge in [0, 0.05) is 18.0 Å². The van der Waals surface area contributed by atoms with Gasteiger partial charge in [-0.2, -0.15) is 4.72 Å². The fourth-order valence-electron chi connectivity index (χ4n) is 3.15. The van der Waals surface area contributed by atoms with Gasteiger partial charge in [-0.25, -0.2) is 13.4 Å². The summed E-state index contributed by atoms with van der Waals surface area (Å²) in [6.45, 7) is 0. The Bertz CT molecular complexity index is 1430. The SMILES string of the molecule is O=C(O)[C@H](Cc1nc2ccccc2c(=O)[nH]1)NS(=O)(=O)c1cccc2cccnc12. The van der Waals surface area contributed by atoms with Crippen molar-refractivity contribution in [2.75, 3.05) is 0 Å². The second kappa shape index (κ2) is 7.65. The van der Waals surface area contributed by atoms with Crippen LogP contribution in [0.25, 0.3) is 21.8 Å². The average molecular weight is 424 g/mol. The van der Waals surface area contributed by atoms with Gasteiger partial charge in [-0.15, -0.1) is 0 Å². The van der Waals surface area contributed by atoms with Crippen LogP contribution in [0.15, 0.2) is 70.5 Å². The molecule has 4 rings (SSSR count). The first-order valence-electron chi connectivity index (χ1n) is 8.92. The normalized spacial score (nSPS) is 12.8. The number of nitrogens with zero attached hydrogens (tertiary/aromatic N) is 2. The zero-order valence-corrected chi connectivity index (χ0v) is 16.3. The van der Waals surface area contributed by atoms with Gasteiger partial charge in [-0.3, -0.25) is 14.6 Å². The summed E-state index contributed by atoms with van der Waals surface area (Å²) >= 11 is 0. The van der Waals surface area contributed by atoms with Crippen molar-refractivity contribution in [1.82, 2.24) is 19.7 Å². The molecule has 1 atom stereocenters. The van der Waals surface area contributed by atoms with E-state index < -0.39 is 27.6 Å². The highest BCUT2D eigenvalue weighted by Crippen LogP contribution is 2.21. The fourth-order valence-corrected chi connectivity index (χ4v) is 4.52. The molecule has 152 valence electrons. The minimum absolute atomic E-state index is 0.0600. The maximum atomic E-state index is 12.9. The number of nitrogens with one attached hydrogen (secondary N) is 2. The van der Waals surface area contributed by atoms with Gasteiger partial charge in [-0.1, -0.05) is 30.3 Å². The van der Waals surface area contributed by atoms with Gasteiger partial charge in [0.25, 0.3) is 5.56 Å². The van der Waals surface area contributed by atoms with Gasteiger partial charge < -0.3 is 10.1 Å². The lowest BCUT2D eigenvalue weighted by Crippen LogP contribution is -2.43. The summed E-state index contributed by atoms with van der Waals surface area (Å²) < 4.78 is 28.0. The van der Waals surface area contributed by atoms with Crippen LogP contribution < -0.4 is 10.3 Å². The van der Waals surface area contributed by atoms with Gasteiger partial charge in [-0.05, 0) is 24.3 Å². The number of carboxylic acids is 1. The van der Waals surface area contributed by atoms with Crippen LogP contribution in [0.4, 0.5) is 0 Å². The summed E-state index contributed by atoms with van der Waals surface area (Å²) in [6, 6.07) is 13.1. The summed E-state index contributed by atoms with van der Waals surface area (Å²) in [5.41, 5.74) is 0.191. The third-order valence-corrected chi connectivity index (χ3v) is 6.04. The molecule has 0 aliphatic carbocycles. The third kappa shape index (κ3) is 3.78.